The average Bonchev–Trinajstić information content (AvgIpc) is 3.00. The highest BCUT2D eigenvalue weighted by molar-refractivity contribution is 6.54. The normalized spacial score (nSPS) is 11.7. The quantitative estimate of drug-likeness (QED) is 0.0550. The molecular weight excluding hydrogens is 539 g/mol. The van der Waals surface area contributed by atoms with Crippen LogP contribution in [0.4, 0.5) is 0 Å². The maximum atomic E-state index is 10.4. The molecule has 0 spiro atoms. The number of quaternary nitrogens is 2. The van der Waals surface area contributed by atoms with Crippen molar-refractivity contribution >= 4 is 18.7 Å². The van der Waals surface area contributed by atoms with Gasteiger partial charge in [-0.1, -0.05) is 152 Å². The molecule has 0 saturated carbocycles. The van der Waals surface area contributed by atoms with Crippen molar-refractivity contribution in [2.75, 3.05) is 39.3 Å². The number of nitrogens with one attached hydrogen (secondary N) is 2. The van der Waals surface area contributed by atoms with E-state index in [4.69, 9.17) is 11.6 Å². The summed E-state index contributed by atoms with van der Waals surface area (Å²) in [5, 5.41) is 20.1. The van der Waals surface area contributed by atoms with Gasteiger partial charge < -0.3 is 19.8 Å². The van der Waals surface area contributed by atoms with E-state index < -0.39 is 12.4 Å². The Labute approximate surface area is 272 Å². The number of rotatable bonds is 29. The molecule has 0 aliphatic rings. The number of halogens is 1. The molecule has 256 valence electrons. The monoisotopic (exact) mass is 619 g/mol. The van der Waals surface area contributed by atoms with Gasteiger partial charge in [-0.2, -0.15) is 0 Å². The molecule has 0 saturated heterocycles. The summed E-state index contributed by atoms with van der Waals surface area (Å²) in [5.41, 5.74) is 0. The second-order valence-corrected chi connectivity index (χ2v) is 13.2. The maximum Gasteiger partial charge on any atom is 0.0770 e. The Hall–Kier alpha value is 0.195. The summed E-state index contributed by atoms with van der Waals surface area (Å²) < 4.78 is 0. The zero-order chi connectivity index (χ0) is 32.1. The molecule has 0 aromatic heterocycles. The fourth-order valence-corrected chi connectivity index (χ4v) is 5.25. The van der Waals surface area contributed by atoms with Gasteiger partial charge >= 0.3 is 0 Å². The van der Waals surface area contributed by atoms with Gasteiger partial charge in [0.05, 0.1) is 39.3 Å². The fourth-order valence-electron chi connectivity index (χ4n) is 5.10. The smallest absolute Gasteiger partial charge is 0.0770 e. The molecule has 0 aliphatic carbocycles. The topological polar surface area (TPSA) is 55.0 Å². The zero-order valence-corrected chi connectivity index (χ0v) is 30.9. The minimum atomic E-state index is -1.87. The minimum absolute atomic E-state index is 0.578. The highest BCUT2D eigenvalue weighted by Gasteiger charge is 2.06. The average molecular weight is 619 g/mol. The molecule has 42 heavy (non-hydrogen) atoms. The van der Waals surface area contributed by atoms with Crippen molar-refractivity contribution in [1.29, 1.82) is 0 Å². The van der Waals surface area contributed by atoms with E-state index in [-0.39, 0.29) is 0 Å². The van der Waals surface area contributed by atoms with E-state index in [0.717, 1.165) is 12.8 Å². The van der Waals surface area contributed by atoms with Gasteiger partial charge in [0.25, 0.3) is 0 Å². The molecular formula is C36H80BClN2O2. The first kappa shape index (κ1) is 46.6. The van der Waals surface area contributed by atoms with E-state index in [1.807, 2.05) is 9.80 Å². The molecule has 0 aliphatic heterocycles. The lowest BCUT2D eigenvalue weighted by Crippen LogP contribution is -3.12. The van der Waals surface area contributed by atoms with Crippen LogP contribution in [-0.2, 0) is 0 Å². The third-order valence-electron chi connectivity index (χ3n) is 8.18. The first-order valence-electron chi connectivity index (χ1n) is 19.0. The first-order chi connectivity index (χ1) is 20.4. The number of hydrogen-bond donors (Lipinski definition) is 2. The molecule has 1 atom stereocenters. The van der Waals surface area contributed by atoms with Crippen molar-refractivity contribution in [3.63, 3.8) is 0 Å². The molecule has 4 nitrogen and oxygen atoms in total. The minimum Gasteiger partial charge on any atom is -0.892 e. The summed E-state index contributed by atoms with van der Waals surface area (Å²) >= 11 is 5.59. The second-order valence-electron chi connectivity index (χ2n) is 12.6. The van der Waals surface area contributed by atoms with Crippen molar-refractivity contribution in [3.8, 4) is 0 Å². The van der Waals surface area contributed by atoms with Gasteiger partial charge in [0.15, 0.2) is 0 Å². The SMILES string of the molecule is CCCCCCCCCCCC(Cl)B([O-])[O-].CCCC[NH+](CCCC)CCCC.CCCC[NH+](CCCC)CCCC. The third kappa shape index (κ3) is 40.2. The Morgan fingerprint density at radius 1 is 0.405 bits per heavy atom. The molecule has 0 aromatic rings. The lowest BCUT2D eigenvalue weighted by atomic mass is 9.82. The van der Waals surface area contributed by atoms with Crippen LogP contribution in [0, 0.1) is 0 Å². The molecule has 0 rings (SSSR count). The molecule has 0 aromatic carbocycles. The van der Waals surface area contributed by atoms with Gasteiger partial charge in [-0.15, -0.1) is 11.6 Å². The fraction of sp³-hybridized carbons (Fsp3) is 1.00. The van der Waals surface area contributed by atoms with Gasteiger partial charge in [0.1, 0.15) is 0 Å². The zero-order valence-electron chi connectivity index (χ0n) is 30.1. The number of unbranched alkanes of at least 4 members (excludes halogenated alkanes) is 14. The predicted octanol–water partition coefficient (Wildman–Crippen LogP) is 6.81. The van der Waals surface area contributed by atoms with Crippen LogP contribution >= 0.6 is 11.6 Å². The highest BCUT2D eigenvalue weighted by atomic mass is 35.5. The molecule has 0 radical (unpaired) electrons. The van der Waals surface area contributed by atoms with E-state index in [0.29, 0.717) is 6.42 Å². The molecule has 6 heteroatoms. The van der Waals surface area contributed by atoms with Crippen LogP contribution in [0.15, 0.2) is 0 Å². The standard InChI is InChI=1S/C12H24BClO2.2C12H27N/c1-2-3-4-5-6-7-8-9-10-11-12(14)13(15)16;2*1-4-7-10-13(11-8-5-2)12-9-6-3/h12H,2-11H2,1H3;2*4-12H2,1-3H3/q-2;;/p+2. The highest BCUT2D eigenvalue weighted by Crippen LogP contribution is 2.12. The summed E-state index contributed by atoms with van der Waals surface area (Å²) in [5.74, 6) is 0. The van der Waals surface area contributed by atoms with Crippen LogP contribution in [0.1, 0.15) is 190 Å². The van der Waals surface area contributed by atoms with E-state index in [9.17, 15) is 10.0 Å². The van der Waals surface area contributed by atoms with E-state index in [1.165, 1.54) is 161 Å². The van der Waals surface area contributed by atoms with Crippen LogP contribution < -0.4 is 19.8 Å². The molecule has 0 bridgehead atoms. The van der Waals surface area contributed by atoms with E-state index in [2.05, 4.69) is 48.5 Å². The van der Waals surface area contributed by atoms with E-state index >= 15 is 0 Å². The molecule has 0 heterocycles. The lowest BCUT2D eigenvalue weighted by molar-refractivity contribution is -0.900. The van der Waals surface area contributed by atoms with Crippen LogP contribution in [-0.4, -0.2) is 51.7 Å². The molecule has 0 amide bonds. The van der Waals surface area contributed by atoms with Gasteiger partial charge in [0, 0.05) is 0 Å². The number of alkyl halides is 1. The van der Waals surface area contributed by atoms with E-state index in [1.54, 1.807) is 0 Å². The van der Waals surface area contributed by atoms with Crippen molar-refractivity contribution < 1.29 is 19.8 Å². The third-order valence-corrected chi connectivity index (χ3v) is 8.61. The predicted molar refractivity (Wildman–Crippen MR) is 188 cm³/mol. The van der Waals surface area contributed by atoms with Crippen LogP contribution in [0.25, 0.3) is 0 Å². The van der Waals surface area contributed by atoms with Crippen molar-refractivity contribution in [1.82, 2.24) is 0 Å². The second kappa shape index (κ2) is 41.2. The lowest BCUT2D eigenvalue weighted by Gasteiger charge is -2.31. The Bertz CT molecular complexity index is 398. The van der Waals surface area contributed by atoms with Crippen LogP contribution in [0.2, 0.25) is 0 Å². The Kier molecular flexibility index (Phi) is 45.7. The van der Waals surface area contributed by atoms with Crippen molar-refractivity contribution in [3.05, 3.63) is 0 Å². The largest absolute Gasteiger partial charge is 0.892 e. The molecule has 2 N–H and O–H groups in total. The Morgan fingerprint density at radius 3 is 0.881 bits per heavy atom. The summed E-state index contributed by atoms with van der Waals surface area (Å²) in [4.78, 5) is 3.68. The van der Waals surface area contributed by atoms with Crippen molar-refractivity contribution in [2.45, 2.75) is 195 Å². The van der Waals surface area contributed by atoms with Gasteiger partial charge in [-0.05, 0) is 50.2 Å². The van der Waals surface area contributed by atoms with Crippen LogP contribution in [0.5, 0.6) is 0 Å². The molecule has 0 fully saturated rings. The van der Waals surface area contributed by atoms with Gasteiger partial charge in [-0.25, -0.2) is 0 Å². The van der Waals surface area contributed by atoms with Crippen LogP contribution in [0.3, 0.4) is 0 Å². The summed E-state index contributed by atoms with van der Waals surface area (Å²) in [6.07, 6.45) is 28.3. The summed E-state index contributed by atoms with van der Waals surface area (Å²) in [6.45, 7) is 24.4. The summed E-state index contributed by atoms with van der Waals surface area (Å²) in [6, 6.07) is 0. The van der Waals surface area contributed by atoms with Gasteiger partial charge in [0.2, 0.25) is 0 Å². The summed E-state index contributed by atoms with van der Waals surface area (Å²) in [7, 11) is -1.87. The van der Waals surface area contributed by atoms with Gasteiger partial charge in [-0.3, -0.25) is 0 Å². The Morgan fingerprint density at radius 2 is 0.643 bits per heavy atom. The van der Waals surface area contributed by atoms with Crippen molar-refractivity contribution in [2.24, 2.45) is 0 Å². The maximum absolute atomic E-state index is 10.4. The first-order valence-corrected chi connectivity index (χ1v) is 19.4. The number of hydrogen-bond acceptors (Lipinski definition) is 2. The molecule has 1 unspecified atom stereocenters. The Balaban J connectivity index is -0.000000548.